The maximum Gasteiger partial charge on any atom is 0.352 e. The van der Waals surface area contributed by atoms with Crippen LogP contribution in [0.15, 0.2) is 41.3 Å². The van der Waals surface area contributed by atoms with Crippen LogP contribution in [0.4, 0.5) is 11.5 Å². The summed E-state index contributed by atoms with van der Waals surface area (Å²) in [7, 11) is 0. The molecule has 12 nitrogen and oxygen atoms in total. The van der Waals surface area contributed by atoms with Crippen molar-refractivity contribution in [2.75, 3.05) is 12.3 Å². The molecule has 5 N–H and O–H groups in total. The van der Waals surface area contributed by atoms with Crippen molar-refractivity contribution in [3.63, 3.8) is 0 Å². The third-order valence-corrected chi connectivity index (χ3v) is 4.47. The number of ether oxygens (including phenoxy) is 1. The van der Waals surface area contributed by atoms with Gasteiger partial charge in [0.25, 0.3) is 0 Å². The molecular formula is C16H16N4O8. The first-order valence-corrected chi connectivity index (χ1v) is 8.01. The van der Waals surface area contributed by atoms with Crippen molar-refractivity contribution in [3.05, 3.63) is 62.7 Å². The number of hydrogen-bond acceptors (Lipinski definition) is 10. The molecule has 0 saturated carbocycles. The smallest absolute Gasteiger partial charge is 0.352 e. The van der Waals surface area contributed by atoms with E-state index >= 15 is 0 Å². The van der Waals surface area contributed by atoms with Gasteiger partial charge in [0.2, 0.25) is 17.2 Å². The Kier molecular flexibility index (Phi) is 4.95. The molecular weight excluding hydrogens is 376 g/mol. The van der Waals surface area contributed by atoms with Crippen molar-refractivity contribution < 1.29 is 29.8 Å². The Bertz CT molecular complexity index is 978. The average Bonchev–Trinajstić information content (AvgIpc) is 2.93. The topological polar surface area (TPSA) is 191 Å². The van der Waals surface area contributed by atoms with E-state index in [2.05, 4.69) is 4.98 Å². The van der Waals surface area contributed by atoms with E-state index in [0.717, 1.165) is 0 Å². The van der Waals surface area contributed by atoms with Crippen molar-refractivity contribution >= 4 is 17.3 Å². The number of aromatic nitrogens is 2. The molecule has 1 aliphatic heterocycles. The first-order valence-electron chi connectivity index (χ1n) is 8.01. The number of hydrogen-bond donors (Lipinski definition) is 4. The predicted molar refractivity (Wildman–Crippen MR) is 92.3 cm³/mol. The van der Waals surface area contributed by atoms with Crippen molar-refractivity contribution in [3.8, 4) is 0 Å². The quantitative estimate of drug-likeness (QED) is 0.267. The van der Waals surface area contributed by atoms with Gasteiger partial charge < -0.3 is 25.8 Å². The van der Waals surface area contributed by atoms with E-state index in [0.29, 0.717) is 10.8 Å². The van der Waals surface area contributed by atoms with Crippen LogP contribution in [0, 0.1) is 10.1 Å². The lowest BCUT2D eigenvalue weighted by atomic mass is 9.85. The third-order valence-electron chi connectivity index (χ3n) is 4.47. The van der Waals surface area contributed by atoms with Gasteiger partial charge in [-0.25, -0.2) is 4.79 Å². The minimum absolute atomic E-state index is 0.0119. The zero-order valence-electron chi connectivity index (χ0n) is 14.2. The lowest BCUT2D eigenvalue weighted by molar-refractivity contribution is -0.384. The molecule has 0 aliphatic carbocycles. The normalized spacial score (nSPS) is 26.9. The number of rotatable bonds is 5. The van der Waals surface area contributed by atoms with Crippen LogP contribution in [0.2, 0.25) is 0 Å². The standard InChI is InChI=1S/C16H16N4O8/c17-13-9(20(26)27)6-19(15(24)18-13)14-16(25,12(23)10(7-21)28-14)11(22)8-4-2-1-3-5-8/h1-6,10,12,14,21,23,25H,7H2,(H2,17,18,24)/t10-,12-,14-,16+/m1/s1. The average molecular weight is 392 g/mol. The summed E-state index contributed by atoms with van der Waals surface area (Å²) in [6.45, 7) is -0.790. The van der Waals surface area contributed by atoms with Crippen LogP contribution in [0.5, 0.6) is 0 Å². The van der Waals surface area contributed by atoms with Crippen molar-refractivity contribution in [2.45, 2.75) is 24.0 Å². The highest BCUT2D eigenvalue weighted by atomic mass is 16.6. The Hall–Kier alpha value is -3.19. The SMILES string of the molecule is Nc1nc(=O)n([C@@H]2O[C@H](CO)[C@@H](O)[C@@]2(O)C(=O)c2ccccc2)cc1[N+](=O)[O-]. The number of ketones is 1. The highest BCUT2D eigenvalue weighted by Gasteiger charge is 2.61. The number of anilines is 1. The molecule has 1 aromatic carbocycles. The number of carbonyl (C=O) groups excluding carboxylic acids is 1. The highest BCUT2D eigenvalue weighted by Crippen LogP contribution is 2.40. The number of aliphatic hydroxyl groups excluding tert-OH is 2. The Morgan fingerprint density at radius 2 is 2.04 bits per heavy atom. The number of benzene rings is 1. The predicted octanol–water partition coefficient (Wildman–Crippen LogP) is -1.40. The zero-order valence-corrected chi connectivity index (χ0v) is 14.2. The molecule has 148 valence electrons. The first-order chi connectivity index (χ1) is 13.2. The lowest BCUT2D eigenvalue weighted by Crippen LogP contribution is -2.54. The van der Waals surface area contributed by atoms with Crippen molar-refractivity contribution in [1.82, 2.24) is 9.55 Å². The highest BCUT2D eigenvalue weighted by molar-refractivity contribution is 6.03. The molecule has 2 aromatic rings. The van der Waals surface area contributed by atoms with Crippen LogP contribution in [-0.4, -0.2) is 60.0 Å². The molecule has 0 radical (unpaired) electrons. The van der Waals surface area contributed by atoms with E-state index in [-0.39, 0.29) is 5.56 Å². The van der Waals surface area contributed by atoms with E-state index in [1.54, 1.807) is 6.07 Å². The van der Waals surface area contributed by atoms with Crippen LogP contribution in [0.25, 0.3) is 0 Å². The van der Waals surface area contributed by atoms with Crippen LogP contribution in [0.3, 0.4) is 0 Å². The Labute approximate surface area is 156 Å². The van der Waals surface area contributed by atoms with Crippen LogP contribution < -0.4 is 11.4 Å². The van der Waals surface area contributed by atoms with Gasteiger partial charge in [-0.15, -0.1) is 0 Å². The van der Waals surface area contributed by atoms with Gasteiger partial charge >= 0.3 is 11.4 Å². The largest absolute Gasteiger partial charge is 0.394 e. The molecule has 0 spiro atoms. The van der Waals surface area contributed by atoms with Gasteiger partial charge in [0.05, 0.1) is 17.7 Å². The minimum atomic E-state index is -2.73. The molecule has 1 fully saturated rings. The molecule has 1 aromatic heterocycles. The monoisotopic (exact) mass is 392 g/mol. The van der Waals surface area contributed by atoms with Crippen LogP contribution in [-0.2, 0) is 4.74 Å². The Morgan fingerprint density at radius 3 is 2.61 bits per heavy atom. The molecule has 0 amide bonds. The van der Waals surface area contributed by atoms with Gasteiger partial charge in [-0.05, 0) is 0 Å². The van der Waals surface area contributed by atoms with E-state index in [1.165, 1.54) is 24.3 Å². The number of nitrogens with zero attached hydrogens (tertiary/aromatic N) is 3. The fraction of sp³-hybridized carbons (Fsp3) is 0.312. The fourth-order valence-corrected chi connectivity index (χ4v) is 3.04. The zero-order chi connectivity index (χ0) is 20.6. The van der Waals surface area contributed by atoms with E-state index in [1.807, 2.05) is 0 Å². The van der Waals surface area contributed by atoms with Gasteiger partial charge in [0, 0.05) is 5.56 Å². The molecule has 0 unspecified atom stereocenters. The van der Waals surface area contributed by atoms with Crippen LogP contribution in [0.1, 0.15) is 16.6 Å². The van der Waals surface area contributed by atoms with Gasteiger partial charge in [0.15, 0.2) is 6.23 Å². The van der Waals surface area contributed by atoms with Gasteiger partial charge in [-0.3, -0.25) is 19.5 Å². The summed E-state index contributed by atoms with van der Waals surface area (Å²) in [6, 6.07) is 7.37. The summed E-state index contributed by atoms with van der Waals surface area (Å²) in [4.78, 5) is 38.7. The fourth-order valence-electron chi connectivity index (χ4n) is 3.04. The minimum Gasteiger partial charge on any atom is -0.394 e. The molecule has 1 aliphatic rings. The molecule has 4 atom stereocenters. The maximum absolute atomic E-state index is 13.0. The Balaban J connectivity index is 2.18. The van der Waals surface area contributed by atoms with Gasteiger partial charge in [0.1, 0.15) is 12.2 Å². The van der Waals surface area contributed by atoms with E-state index < -0.39 is 58.5 Å². The number of nitrogens with two attached hydrogens (primary N) is 1. The molecule has 28 heavy (non-hydrogen) atoms. The number of Topliss-reactive ketones (excluding diaryl/α,β-unsaturated/α-hetero) is 1. The van der Waals surface area contributed by atoms with E-state index in [9.17, 15) is 35.0 Å². The summed E-state index contributed by atoms with van der Waals surface area (Å²) in [5, 5.41) is 42.1. The third kappa shape index (κ3) is 2.93. The second-order valence-corrected chi connectivity index (χ2v) is 6.13. The van der Waals surface area contributed by atoms with Gasteiger partial charge in [-0.2, -0.15) is 4.98 Å². The first kappa shape index (κ1) is 19.6. The molecule has 0 bridgehead atoms. The van der Waals surface area contributed by atoms with Crippen molar-refractivity contribution in [1.29, 1.82) is 0 Å². The second kappa shape index (κ2) is 7.09. The summed E-state index contributed by atoms with van der Waals surface area (Å²) in [5.41, 5.74) is 0.701. The van der Waals surface area contributed by atoms with Crippen LogP contribution >= 0.6 is 0 Å². The summed E-state index contributed by atoms with van der Waals surface area (Å²) >= 11 is 0. The van der Waals surface area contributed by atoms with Gasteiger partial charge in [-0.1, -0.05) is 30.3 Å². The van der Waals surface area contributed by atoms with E-state index in [4.69, 9.17) is 10.5 Å². The number of aliphatic hydroxyl groups is 3. The second-order valence-electron chi connectivity index (χ2n) is 6.13. The summed E-state index contributed by atoms with van der Waals surface area (Å²) in [6.07, 6.45) is -4.61. The lowest BCUT2D eigenvalue weighted by Gasteiger charge is -2.30. The molecule has 2 heterocycles. The Morgan fingerprint density at radius 1 is 1.39 bits per heavy atom. The van der Waals surface area contributed by atoms with Crippen molar-refractivity contribution in [2.24, 2.45) is 0 Å². The number of nitrogen functional groups attached to an aromatic ring is 1. The summed E-state index contributed by atoms with van der Waals surface area (Å²) in [5.74, 6) is -1.67. The number of carbonyl (C=O) groups is 1. The maximum atomic E-state index is 13.0. The number of nitro groups is 1. The summed E-state index contributed by atoms with van der Waals surface area (Å²) < 4.78 is 5.81. The molecule has 12 heteroatoms. The molecule has 1 saturated heterocycles. The molecule has 3 rings (SSSR count).